The minimum absolute atomic E-state index is 0.295. The van der Waals surface area contributed by atoms with Gasteiger partial charge in [-0.1, -0.05) is 18.2 Å². The molecule has 0 unspecified atom stereocenters. The van der Waals surface area contributed by atoms with Gasteiger partial charge in [0.25, 0.3) is 0 Å². The maximum atomic E-state index is 13.5. The summed E-state index contributed by atoms with van der Waals surface area (Å²) in [4.78, 5) is 0. The van der Waals surface area contributed by atoms with Crippen LogP contribution in [-0.2, 0) is 0 Å². The molecule has 0 aliphatic rings. The normalized spacial score (nSPS) is 11.2. The van der Waals surface area contributed by atoms with Gasteiger partial charge < -0.3 is 4.42 Å². The highest BCUT2D eigenvalue weighted by molar-refractivity contribution is 7.71. The fourth-order valence-electron chi connectivity index (χ4n) is 1.66. The number of nitrogens with zero attached hydrogens (tertiary/aromatic N) is 3. The van der Waals surface area contributed by atoms with Crippen molar-refractivity contribution in [2.45, 2.75) is 0 Å². The van der Waals surface area contributed by atoms with Gasteiger partial charge in [-0.25, -0.2) is 9.49 Å². The Bertz CT molecular complexity index is 804. The van der Waals surface area contributed by atoms with E-state index in [1.807, 2.05) is 0 Å². The van der Waals surface area contributed by atoms with Crippen LogP contribution in [0.15, 0.2) is 52.2 Å². The first-order chi connectivity index (χ1) is 9.75. The van der Waals surface area contributed by atoms with Gasteiger partial charge in [-0.2, -0.15) is 9.78 Å². The van der Waals surface area contributed by atoms with Crippen LogP contribution in [0.3, 0.4) is 0 Å². The maximum Gasteiger partial charge on any atom is 0.219 e. The molecule has 1 aromatic carbocycles. The Hall–Kier alpha value is -2.54. The molecule has 7 heteroatoms. The zero-order valence-electron chi connectivity index (χ0n) is 10.2. The van der Waals surface area contributed by atoms with E-state index in [9.17, 15) is 4.39 Å². The van der Waals surface area contributed by atoms with Gasteiger partial charge in [-0.15, -0.1) is 5.10 Å². The summed E-state index contributed by atoms with van der Waals surface area (Å²) in [6.45, 7) is 0. The van der Waals surface area contributed by atoms with Crippen LogP contribution in [0.1, 0.15) is 5.56 Å². The van der Waals surface area contributed by atoms with Crippen LogP contribution in [0.4, 0.5) is 4.39 Å². The quantitative estimate of drug-likeness (QED) is 0.594. The number of hydrogen-bond donors (Lipinski definition) is 1. The standard InChI is InChI=1S/C13H9FN4OS/c14-10-5-2-1-4-9(10)8-15-18-12(16-17-13(18)20)11-6-3-7-19-11/h1-8H,(H,17,20). The second kappa shape index (κ2) is 5.22. The summed E-state index contributed by atoms with van der Waals surface area (Å²) < 4.78 is 20.4. The summed E-state index contributed by atoms with van der Waals surface area (Å²) >= 11 is 5.09. The van der Waals surface area contributed by atoms with Crippen molar-refractivity contribution in [2.24, 2.45) is 5.10 Å². The number of aromatic amines is 1. The van der Waals surface area contributed by atoms with Crippen molar-refractivity contribution < 1.29 is 8.81 Å². The third-order valence-electron chi connectivity index (χ3n) is 2.61. The van der Waals surface area contributed by atoms with Gasteiger partial charge in [0, 0.05) is 5.56 Å². The number of halogens is 1. The third-order valence-corrected chi connectivity index (χ3v) is 2.87. The first-order valence-corrected chi connectivity index (χ1v) is 6.17. The number of benzene rings is 1. The molecule has 0 aliphatic heterocycles. The Morgan fingerprint density at radius 1 is 1.30 bits per heavy atom. The second-order valence-corrected chi connectivity index (χ2v) is 4.29. The summed E-state index contributed by atoms with van der Waals surface area (Å²) in [5, 5.41) is 10.8. The van der Waals surface area contributed by atoms with Crippen molar-refractivity contribution in [3.8, 4) is 11.6 Å². The molecule has 0 atom stereocenters. The Morgan fingerprint density at radius 3 is 2.90 bits per heavy atom. The number of nitrogens with one attached hydrogen (secondary N) is 1. The molecule has 100 valence electrons. The minimum atomic E-state index is -0.356. The first-order valence-electron chi connectivity index (χ1n) is 5.76. The molecule has 0 aliphatic carbocycles. The fourth-order valence-corrected chi connectivity index (χ4v) is 1.84. The Balaban J connectivity index is 2.02. The van der Waals surface area contributed by atoms with Crippen LogP contribution in [0.25, 0.3) is 11.6 Å². The van der Waals surface area contributed by atoms with Crippen molar-refractivity contribution in [1.29, 1.82) is 0 Å². The lowest BCUT2D eigenvalue weighted by Gasteiger charge is -1.98. The molecular formula is C13H9FN4OS. The lowest BCUT2D eigenvalue weighted by Crippen LogP contribution is -1.95. The lowest BCUT2D eigenvalue weighted by atomic mass is 10.2. The van der Waals surface area contributed by atoms with E-state index in [-0.39, 0.29) is 5.82 Å². The van der Waals surface area contributed by atoms with E-state index >= 15 is 0 Å². The highest BCUT2D eigenvalue weighted by Gasteiger charge is 2.10. The first kappa shape index (κ1) is 12.5. The van der Waals surface area contributed by atoms with Gasteiger partial charge in [0.2, 0.25) is 10.6 Å². The van der Waals surface area contributed by atoms with Crippen LogP contribution < -0.4 is 0 Å². The average molecular weight is 288 g/mol. The number of aromatic nitrogens is 3. The number of hydrogen-bond acceptors (Lipinski definition) is 4. The van der Waals surface area contributed by atoms with E-state index in [1.165, 1.54) is 23.2 Å². The Labute approximate surface area is 118 Å². The molecule has 0 spiro atoms. The summed E-state index contributed by atoms with van der Waals surface area (Å²) in [5.74, 6) is 0.585. The molecule has 20 heavy (non-hydrogen) atoms. The van der Waals surface area contributed by atoms with Crippen LogP contribution in [0, 0.1) is 10.6 Å². The van der Waals surface area contributed by atoms with E-state index in [4.69, 9.17) is 16.6 Å². The van der Waals surface area contributed by atoms with Crippen molar-refractivity contribution in [2.75, 3.05) is 0 Å². The van der Waals surface area contributed by atoms with E-state index in [1.54, 1.807) is 30.3 Å². The van der Waals surface area contributed by atoms with E-state index in [0.29, 0.717) is 21.9 Å². The van der Waals surface area contributed by atoms with Crippen LogP contribution in [-0.4, -0.2) is 21.1 Å². The Morgan fingerprint density at radius 2 is 2.15 bits per heavy atom. The second-order valence-electron chi connectivity index (χ2n) is 3.91. The smallest absolute Gasteiger partial charge is 0.219 e. The molecule has 3 aromatic rings. The van der Waals surface area contributed by atoms with Crippen molar-refractivity contribution in [1.82, 2.24) is 14.9 Å². The molecule has 2 heterocycles. The zero-order valence-corrected chi connectivity index (χ0v) is 11.0. The Kier molecular flexibility index (Phi) is 3.26. The third kappa shape index (κ3) is 2.30. The SMILES string of the molecule is Fc1ccccc1C=Nn1c(-c2ccco2)n[nH]c1=S. The van der Waals surface area contributed by atoms with Crippen LogP contribution in [0.2, 0.25) is 0 Å². The predicted molar refractivity (Wildman–Crippen MR) is 74.5 cm³/mol. The van der Waals surface area contributed by atoms with Gasteiger partial charge in [-0.3, -0.25) is 0 Å². The van der Waals surface area contributed by atoms with E-state index in [2.05, 4.69) is 15.3 Å². The largest absolute Gasteiger partial charge is 0.461 e. The molecule has 0 fully saturated rings. The molecule has 3 rings (SSSR count). The van der Waals surface area contributed by atoms with Crippen molar-refractivity contribution >= 4 is 18.4 Å². The molecule has 2 aromatic heterocycles. The summed E-state index contributed by atoms with van der Waals surface area (Å²) in [7, 11) is 0. The predicted octanol–water partition coefficient (Wildman–Crippen LogP) is 3.22. The van der Waals surface area contributed by atoms with Gasteiger partial charge in [0.1, 0.15) is 5.82 Å². The molecular weight excluding hydrogens is 279 g/mol. The highest BCUT2D eigenvalue weighted by Crippen LogP contribution is 2.17. The van der Waals surface area contributed by atoms with Crippen LogP contribution >= 0.6 is 12.2 Å². The van der Waals surface area contributed by atoms with Crippen molar-refractivity contribution in [3.05, 3.63) is 58.8 Å². The molecule has 1 N–H and O–H groups in total. The van der Waals surface area contributed by atoms with Gasteiger partial charge in [0.15, 0.2) is 5.76 Å². The lowest BCUT2D eigenvalue weighted by molar-refractivity contribution is 0.573. The van der Waals surface area contributed by atoms with Gasteiger partial charge in [-0.05, 0) is 30.4 Å². The maximum absolute atomic E-state index is 13.5. The minimum Gasteiger partial charge on any atom is -0.461 e. The van der Waals surface area contributed by atoms with Crippen LogP contribution in [0.5, 0.6) is 0 Å². The number of rotatable bonds is 3. The molecule has 0 saturated carbocycles. The summed E-state index contributed by atoms with van der Waals surface area (Å²) in [6.07, 6.45) is 2.91. The van der Waals surface area contributed by atoms with Gasteiger partial charge in [0.05, 0.1) is 12.5 Å². The average Bonchev–Trinajstić information content (AvgIpc) is 3.08. The topological polar surface area (TPSA) is 59.1 Å². The highest BCUT2D eigenvalue weighted by atomic mass is 32.1. The molecule has 0 radical (unpaired) electrons. The summed E-state index contributed by atoms with van der Waals surface area (Å²) in [6, 6.07) is 9.80. The fraction of sp³-hybridized carbons (Fsp3) is 0. The molecule has 0 bridgehead atoms. The number of H-pyrrole nitrogens is 1. The van der Waals surface area contributed by atoms with E-state index < -0.39 is 0 Å². The molecule has 0 amide bonds. The molecule has 5 nitrogen and oxygen atoms in total. The van der Waals surface area contributed by atoms with E-state index in [0.717, 1.165) is 0 Å². The number of furan rings is 1. The summed E-state index contributed by atoms with van der Waals surface area (Å²) in [5.41, 5.74) is 0.362. The van der Waals surface area contributed by atoms with Crippen molar-refractivity contribution in [3.63, 3.8) is 0 Å². The zero-order chi connectivity index (χ0) is 13.9. The monoisotopic (exact) mass is 288 g/mol. The van der Waals surface area contributed by atoms with Gasteiger partial charge >= 0.3 is 0 Å². The molecule has 0 saturated heterocycles.